The molecule has 30 heavy (non-hydrogen) atoms. The van der Waals surface area contributed by atoms with Gasteiger partial charge in [0.25, 0.3) is 0 Å². The lowest BCUT2D eigenvalue weighted by Crippen LogP contribution is -2.29. The Bertz CT molecular complexity index is 1260. The average molecular weight is 425 g/mol. The van der Waals surface area contributed by atoms with E-state index in [1.807, 2.05) is 13.8 Å². The molecule has 0 saturated heterocycles. The second-order valence-electron chi connectivity index (χ2n) is 6.62. The Morgan fingerprint density at radius 1 is 1.17 bits per heavy atom. The molecule has 1 aromatic carbocycles. The van der Waals surface area contributed by atoms with E-state index in [0.717, 1.165) is 5.56 Å². The Hall–Kier alpha value is -3.52. The summed E-state index contributed by atoms with van der Waals surface area (Å²) in [5.74, 6) is -0.415. The van der Waals surface area contributed by atoms with Crippen molar-refractivity contribution in [3.63, 3.8) is 0 Å². The number of halogens is 2. The number of fused-ring (bicyclic) bond motifs is 1. The highest BCUT2D eigenvalue weighted by Crippen LogP contribution is 2.31. The maximum atomic E-state index is 14.3. The average Bonchev–Trinajstić information content (AvgIpc) is 3.17. The standard InChI is InChI=1S/C21H18ClFN6O/c1-3-24-21(30)29-20-16(6-7-25-19(20)11-27-29)28-17-9-18(26-10-12(17)2)14-8-13(22)4-5-15(14)23/h4-11H,3H2,1-2H3,(H,24,30)(H,25,26,28). The first-order valence-electron chi connectivity index (χ1n) is 9.28. The van der Waals surface area contributed by atoms with Crippen LogP contribution < -0.4 is 10.6 Å². The number of hydrogen-bond donors (Lipinski definition) is 2. The minimum atomic E-state index is -0.415. The van der Waals surface area contributed by atoms with Crippen molar-refractivity contribution >= 4 is 40.0 Å². The molecular formula is C21H18ClFN6O. The van der Waals surface area contributed by atoms with Crippen LogP contribution in [-0.4, -0.2) is 32.3 Å². The van der Waals surface area contributed by atoms with Crippen LogP contribution in [0, 0.1) is 12.7 Å². The van der Waals surface area contributed by atoms with E-state index >= 15 is 0 Å². The number of anilines is 2. The van der Waals surface area contributed by atoms with Crippen LogP contribution in [0.2, 0.25) is 5.02 Å². The van der Waals surface area contributed by atoms with Gasteiger partial charge in [-0.15, -0.1) is 0 Å². The van der Waals surface area contributed by atoms with Crippen molar-refractivity contribution in [2.75, 3.05) is 11.9 Å². The summed E-state index contributed by atoms with van der Waals surface area (Å²) in [5, 5.41) is 10.6. The number of aryl methyl sites for hydroxylation is 1. The van der Waals surface area contributed by atoms with Crippen LogP contribution in [0.15, 0.2) is 48.9 Å². The first kappa shape index (κ1) is 19.8. The number of carbonyl (C=O) groups is 1. The van der Waals surface area contributed by atoms with Crippen molar-refractivity contribution in [1.82, 2.24) is 25.1 Å². The molecule has 0 spiro atoms. The van der Waals surface area contributed by atoms with E-state index < -0.39 is 5.82 Å². The third-order valence-corrected chi connectivity index (χ3v) is 4.79. The van der Waals surface area contributed by atoms with E-state index in [-0.39, 0.29) is 6.03 Å². The fraction of sp³-hybridized carbons (Fsp3) is 0.143. The molecule has 0 unspecified atom stereocenters. The minimum Gasteiger partial charge on any atom is -0.353 e. The van der Waals surface area contributed by atoms with Crippen LogP contribution in [0.1, 0.15) is 12.5 Å². The normalized spacial score (nSPS) is 10.9. The van der Waals surface area contributed by atoms with Crippen LogP contribution in [0.4, 0.5) is 20.6 Å². The van der Waals surface area contributed by atoms with E-state index in [9.17, 15) is 9.18 Å². The molecule has 4 aromatic rings. The third-order valence-electron chi connectivity index (χ3n) is 4.56. The lowest BCUT2D eigenvalue weighted by Gasteiger charge is -2.13. The molecule has 7 nitrogen and oxygen atoms in total. The smallest absolute Gasteiger partial charge is 0.342 e. The topological polar surface area (TPSA) is 84.7 Å². The Balaban J connectivity index is 1.78. The van der Waals surface area contributed by atoms with Gasteiger partial charge in [0.1, 0.15) is 16.9 Å². The quantitative estimate of drug-likeness (QED) is 0.486. The van der Waals surface area contributed by atoms with E-state index in [4.69, 9.17) is 11.6 Å². The Kier molecular flexibility index (Phi) is 5.33. The van der Waals surface area contributed by atoms with Crippen molar-refractivity contribution in [2.24, 2.45) is 0 Å². The van der Waals surface area contributed by atoms with E-state index in [1.54, 1.807) is 24.5 Å². The molecule has 0 atom stereocenters. The van der Waals surface area contributed by atoms with E-state index in [0.29, 0.717) is 45.2 Å². The molecule has 9 heteroatoms. The summed E-state index contributed by atoms with van der Waals surface area (Å²) >= 11 is 6.03. The zero-order valence-corrected chi connectivity index (χ0v) is 17.0. The second-order valence-corrected chi connectivity index (χ2v) is 7.05. The SMILES string of the molecule is CCNC(=O)n1ncc2nccc(Nc3cc(-c4cc(Cl)ccc4F)ncc3C)c21. The van der Waals surface area contributed by atoms with Gasteiger partial charge in [0, 0.05) is 35.2 Å². The number of nitrogens with one attached hydrogen (secondary N) is 2. The Morgan fingerprint density at radius 2 is 2.00 bits per heavy atom. The molecule has 0 aliphatic rings. The van der Waals surface area contributed by atoms with Gasteiger partial charge in [-0.3, -0.25) is 9.97 Å². The highest BCUT2D eigenvalue weighted by Gasteiger charge is 2.16. The Morgan fingerprint density at radius 3 is 2.80 bits per heavy atom. The molecule has 1 amide bonds. The van der Waals surface area contributed by atoms with Gasteiger partial charge in [-0.05, 0) is 49.7 Å². The molecular weight excluding hydrogens is 407 g/mol. The van der Waals surface area contributed by atoms with Gasteiger partial charge in [-0.1, -0.05) is 11.6 Å². The molecule has 0 radical (unpaired) electrons. The van der Waals surface area contributed by atoms with E-state index in [2.05, 4.69) is 25.7 Å². The Labute approximate surface area is 176 Å². The van der Waals surface area contributed by atoms with Crippen LogP contribution in [0.3, 0.4) is 0 Å². The number of amides is 1. The molecule has 2 N–H and O–H groups in total. The van der Waals surface area contributed by atoms with Gasteiger partial charge in [-0.25, -0.2) is 9.18 Å². The van der Waals surface area contributed by atoms with Gasteiger partial charge in [0.15, 0.2) is 0 Å². The van der Waals surface area contributed by atoms with Crippen LogP contribution >= 0.6 is 11.6 Å². The summed E-state index contributed by atoms with van der Waals surface area (Å²) in [5.41, 5.74) is 4.03. The maximum Gasteiger partial charge on any atom is 0.342 e. The van der Waals surface area contributed by atoms with Gasteiger partial charge in [0.05, 0.1) is 17.6 Å². The van der Waals surface area contributed by atoms with Crippen molar-refractivity contribution in [2.45, 2.75) is 13.8 Å². The molecule has 3 heterocycles. The molecule has 3 aromatic heterocycles. The van der Waals surface area contributed by atoms with Gasteiger partial charge in [-0.2, -0.15) is 9.78 Å². The number of nitrogens with zero attached hydrogens (tertiary/aromatic N) is 4. The highest BCUT2D eigenvalue weighted by atomic mass is 35.5. The van der Waals surface area contributed by atoms with Crippen LogP contribution in [-0.2, 0) is 0 Å². The second kappa shape index (κ2) is 8.08. The first-order chi connectivity index (χ1) is 14.5. The predicted molar refractivity (Wildman–Crippen MR) is 115 cm³/mol. The minimum absolute atomic E-state index is 0.304. The molecule has 152 valence electrons. The zero-order valence-electron chi connectivity index (χ0n) is 16.3. The monoisotopic (exact) mass is 424 g/mol. The summed E-state index contributed by atoms with van der Waals surface area (Å²) in [7, 11) is 0. The number of aromatic nitrogens is 4. The van der Waals surface area contributed by atoms with Crippen LogP contribution in [0.25, 0.3) is 22.3 Å². The molecule has 0 saturated carbocycles. The molecule has 0 aliphatic carbocycles. The number of rotatable bonds is 4. The lowest BCUT2D eigenvalue weighted by molar-refractivity contribution is 0.241. The largest absolute Gasteiger partial charge is 0.353 e. The summed E-state index contributed by atoms with van der Waals surface area (Å²) in [6.45, 7) is 4.19. The maximum absolute atomic E-state index is 14.3. The van der Waals surface area contributed by atoms with Crippen molar-refractivity contribution in [3.8, 4) is 11.3 Å². The van der Waals surface area contributed by atoms with Crippen molar-refractivity contribution in [3.05, 3.63) is 65.3 Å². The first-order valence-corrected chi connectivity index (χ1v) is 9.65. The van der Waals surface area contributed by atoms with E-state index in [1.165, 1.54) is 29.1 Å². The molecule has 0 bridgehead atoms. The number of benzene rings is 1. The molecule has 0 aliphatic heterocycles. The summed E-state index contributed by atoms with van der Waals surface area (Å²) in [6, 6.07) is 7.47. The zero-order chi connectivity index (χ0) is 21.3. The fourth-order valence-corrected chi connectivity index (χ4v) is 3.26. The van der Waals surface area contributed by atoms with Crippen molar-refractivity contribution in [1.29, 1.82) is 0 Å². The molecule has 4 rings (SSSR count). The molecule has 0 fully saturated rings. The van der Waals surface area contributed by atoms with Crippen molar-refractivity contribution < 1.29 is 9.18 Å². The lowest BCUT2D eigenvalue weighted by atomic mass is 10.1. The summed E-state index contributed by atoms with van der Waals surface area (Å²) < 4.78 is 15.6. The fourth-order valence-electron chi connectivity index (χ4n) is 3.08. The number of carbonyl (C=O) groups excluding carboxylic acids is 1. The van der Waals surface area contributed by atoms with Gasteiger partial charge < -0.3 is 10.6 Å². The number of hydrogen-bond acceptors (Lipinski definition) is 5. The predicted octanol–water partition coefficient (Wildman–Crippen LogP) is 4.92. The summed E-state index contributed by atoms with van der Waals surface area (Å²) in [4.78, 5) is 21.0. The van der Waals surface area contributed by atoms with Gasteiger partial charge in [0.2, 0.25) is 0 Å². The van der Waals surface area contributed by atoms with Gasteiger partial charge >= 0.3 is 6.03 Å². The summed E-state index contributed by atoms with van der Waals surface area (Å²) in [6.07, 6.45) is 4.81. The van der Waals surface area contributed by atoms with Crippen LogP contribution in [0.5, 0.6) is 0 Å². The number of pyridine rings is 2. The third kappa shape index (κ3) is 3.69. The highest BCUT2D eigenvalue weighted by molar-refractivity contribution is 6.30.